The molecule has 0 aliphatic rings. The van der Waals surface area contributed by atoms with Crippen LogP contribution in [0.3, 0.4) is 0 Å². The molecule has 0 saturated carbocycles. The van der Waals surface area contributed by atoms with Crippen LogP contribution in [0.5, 0.6) is 0 Å². The minimum atomic E-state index is -0.817. The van der Waals surface area contributed by atoms with Crippen molar-refractivity contribution in [1.82, 2.24) is 5.32 Å². The van der Waals surface area contributed by atoms with E-state index in [4.69, 9.17) is 16.3 Å². The van der Waals surface area contributed by atoms with Crippen LogP contribution in [0, 0.1) is 5.82 Å². The van der Waals surface area contributed by atoms with Crippen molar-refractivity contribution in [2.45, 2.75) is 12.1 Å². The maximum Gasteiger partial charge on any atom is 0.254 e. The Morgan fingerprint density at radius 2 is 1.96 bits per heavy atom. The molecule has 1 amide bonds. The fourth-order valence-corrected chi connectivity index (χ4v) is 2.35. The number of nitrogens with one attached hydrogen (secondary N) is 1. The summed E-state index contributed by atoms with van der Waals surface area (Å²) >= 11 is 5.64. The summed E-state index contributed by atoms with van der Waals surface area (Å²) in [5.74, 6) is -1.03. The number of halogens is 2. The number of aliphatic hydroxyl groups excluding tert-OH is 1. The van der Waals surface area contributed by atoms with Gasteiger partial charge in [0.2, 0.25) is 0 Å². The van der Waals surface area contributed by atoms with E-state index < -0.39 is 23.9 Å². The number of hydrogen-bond donors (Lipinski definition) is 2. The molecule has 0 aliphatic carbocycles. The number of hydrogen-bond acceptors (Lipinski definition) is 3. The first-order valence-corrected chi connectivity index (χ1v) is 7.38. The van der Waals surface area contributed by atoms with E-state index in [0.29, 0.717) is 11.1 Å². The van der Waals surface area contributed by atoms with Crippen LogP contribution in [-0.2, 0) is 9.53 Å². The Hall–Kier alpha value is -1.95. The first-order valence-electron chi connectivity index (χ1n) is 7.00. The minimum absolute atomic E-state index is 0.0178. The molecular weight excluding hydrogens is 321 g/mol. The summed E-state index contributed by atoms with van der Waals surface area (Å²) in [5, 5.41) is 12.1. The monoisotopic (exact) mass is 337 g/mol. The van der Waals surface area contributed by atoms with Gasteiger partial charge in [0.15, 0.2) is 6.10 Å². The van der Waals surface area contributed by atoms with Crippen molar-refractivity contribution in [2.24, 2.45) is 0 Å². The average molecular weight is 338 g/mol. The second-order valence-electron chi connectivity index (χ2n) is 4.94. The van der Waals surface area contributed by atoms with Gasteiger partial charge in [0, 0.05) is 7.11 Å². The van der Waals surface area contributed by atoms with Crippen molar-refractivity contribution in [3.05, 3.63) is 70.5 Å². The molecule has 6 heteroatoms. The SMILES string of the molecule is CO[C@H](C(=O)N[C@@H](CO)c1ccc(Cl)c(F)c1)c1ccccc1. The Labute approximate surface area is 138 Å². The number of ether oxygens (including phenoxy) is 1. The van der Waals surface area contributed by atoms with Gasteiger partial charge in [-0.3, -0.25) is 4.79 Å². The van der Waals surface area contributed by atoms with Gasteiger partial charge in [-0.05, 0) is 23.3 Å². The molecule has 0 aliphatic heterocycles. The number of rotatable bonds is 6. The highest BCUT2D eigenvalue weighted by atomic mass is 35.5. The minimum Gasteiger partial charge on any atom is -0.394 e. The number of carbonyl (C=O) groups excluding carboxylic acids is 1. The highest BCUT2D eigenvalue weighted by molar-refractivity contribution is 6.30. The normalized spacial score (nSPS) is 13.4. The lowest BCUT2D eigenvalue weighted by Gasteiger charge is -2.21. The average Bonchev–Trinajstić information content (AvgIpc) is 2.57. The molecule has 122 valence electrons. The van der Waals surface area contributed by atoms with Gasteiger partial charge < -0.3 is 15.2 Å². The number of aliphatic hydroxyl groups is 1. The van der Waals surface area contributed by atoms with E-state index in [1.165, 1.54) is 19.2 Å². The summed E-state index contributed by atoms with van der Waals surface area (Å²) in [6.07, 6.45) is -0.817. The lowest BCUT2D eigenvalue weighted by molar-refractivity contribution is -0.132. The zero-order chi connectivity index (χ0) is 16.8. The largest absolute Gasteiger partial charge is 0.394 e. The van der Waals surface area contributed by atoms with Crippen LogP contribution in [0.2, 0.25) is 5.02 Å². The number of carbonyl (C=O) groups is 1. The Bertz CT molecular complexity index is 666. The van der Waals surface area contributed by atoms with Crippen LogP contribution in [0.25, 0.3) is 0 Å². The zero-order valence-corrected chi connectivity index (χ0v) is 13.3. The van der Waals surface area contributed by atoms with E-state index >= 15 is 0 Å². The van der Waals surface area contributed by atoms with Gasteiger partial charge in [-0.25, -0.2) is 4.39 Å². The van der Waals surface area contributed by atoms with Crippen molar-refractivity contribution < 1.29 is 19.0 Å². The summed E-state index contributed by atoms with van der Waals surface area (Å²) < 4.78 is 18.8. The maximum absolute atomic E-state index is 13.6. The van der Waals surface area contributed by atoms with Crippen LogP contribution in [-0.4, -0.2) is 24.7 Å². The van der Waals surface area contributed by atoms with Crippen LogP contribution in [0.4, 0.5) is 4.39 Å². The van der Waals surface area contributed by atoms with Gasteiger partial charge in [-0.1, -0.05) is 48.0 Å². The predicted octanol–water partition coefficient (Wildman–Crippen LogP) is 3.02. The second kappa shape index (κ2) is 8.06. The molecule has 23 heavy (non-hydrogen) atoms. The Morgan fingerprint density at radius 1 is 1.26 bits per heavy atom. The molecule has 0 unspecified atom stereocenters. The maximum atomic E-state index is 13.6. The van der Waals surface area contributed by atoms with Gasteiger partial charge >= 0.3 is 0 Å². The lowest BCUT2D eigenvalue weighted by Crippen LogP contribution is -2.35. The van der Waals surface area contributed by atoms with E-state index in [2.05, 4.69) is 5.32 Å². The van der Waals surface area contributed by atoms with Crippen molar-refractivity contribution in [1.29, 1.82) is 0 Å². The van der Waals surface area contributed by atoms with Crippen molar-refractivity contribution >= 4 is 17.5 Å². The van der Waals surface area contributed by atoms with E-state index in [-0.39, 0.29) is 11.6 Å². The molecule has 2 N–H and O–H groups in total. The fourth-order valence-electron chi connectivity index (χ4n) is 2.23. The Kier molecular flexibility index (Phi) is 6.10. The van der Waals surface area contributed by atoms with Crippen molar-refractivity contribution in [3.63, 3.8) is 0 Å². The molecule has 0 radical (unpaired) electrons. The molecule has 2 rings (SSSR count). The molecule has 0 saturated heterocycles. The van der Waals surface area contributed by atoms with Gasteiger partial charge in [0.05, 0.1) is 17.7 Å². The molecule has 2 aromatic carbocycles. The van der Waals surface area contributed by atoms with Crippen LogP contribution >= 0.6 is 11.6 Å². The first-order chi connectivity index (χ1) is 11.1. The molecule has 0 fully saturated rings. The zero-order valence-electron chi connectivity index (χ0n) is 12.5. The predicted molar refractivity (Wildman–Crippen MR) is 85.6 cm³/mol. The Morgan fingerprint density at radius 3 is 2.52 bits per heavy atom. The number of benzene rings is 2. The summed E-state index contributed by atoms with van der Waals surface area (Å²) in [6, 6.07) is 12.3. The summed E-state index contributed by atoms with van der Waals surface area (Å²) in [6.45, 7) is -0.377. The summed E-state index contributed by atoms with van der Waals surface area (Å²) in [7, 11) is 1.42. The van der Waals surface area contributed by atoms with Gasteiger partial charge in [-0.15, -0.1) is 0 Å². The molecular formula is C17H17ClFNO3. The standard InChI is InChI=1S/C17H17ClFNO3/c1-23-16(11-5-3-2-4-6-11)17(22)20-15(10-21)12-7-8-13(18)14(19)9-12/h2-9,15-16,21H,10H2,1H3,(H,20,22)/t15-,16-/m0/s1. The van der Waals surface area contributed by atoms with Crippen molar-refractivity contribution in [3.8, 4) is 0 Å². The van der Waals surface area contributed by atoms with Gasteiger partial charge in [0.1, 0.15) is 5.82 Å². The third-order valence-corrected chi connectivity index (χ3v) is 3.73. The van der Waals surface area contributed by atoms with E-state index in [0.717, 1.165) is 0 Å². The van der Waals surface area contributed by atoms with Gasteiger partial charge in [0.25, 0.3) is 5.91 Å². The quantitative estimate of drug-likeness (QED) is 0.852. The first kappa shape index (κ1) is 17.4. The van der Waals surface area contributed by atoms with Crippen LogP contribution < -0.4 is 5.32 Å². The molecule has 0 heterocycles. The summed E-state index contributed by atoms with van der Waals surface area (Å²) in [5.41, 5.74) is 1.11. The third-order valence-electron chi connectivity index (χ3n) is 3.42. The Balaban J connectivity index is 2.17. The fraction of sp³-hybridized carbons (Fsp3) is 0.235. The molecule has 0 bridgehead atoms. The smallest absolute Gasteiger partial charge is 0.254 e. The highest BCUT2D eigenvalue weighted by Gasteiger charge is 2.23. The van der Waals surface area contributed by atoms with E-state index in [1.807, 2.05) is 6.07 Å². The van der Waals surface area contributed by atoms with E-state index in [1.54, 1.807) is 30.3 Å². The van der Waals surface area contributed by atoms with Gasteiger partial charge in [-0.2, -0.15) is 0 Å². The topological polar surface area (TPSA) is 58.6 Å². The van der Waals surface area contributed by atoms with E-state index in [9.17, 15) is 14.3 Å². The number of amides is 1. The number of methoxy groups -OCH3 is 1. The van der Waals surface area contributed by atoms with Crippen LogP contribution in [0.15, 0.2) is 48.5 Å². The second-order valence-corrected chi connectivity index (χ2v) is 5.35. The molecule has 0 spiro atoms. The molecule has 2 aromatic rings. The van der Waals surface area contributed by atoms with Crippen LogP contribution in [0.1, 0.15) is 23.3 Å². The third kappa shape index (κ3) is 4.28. The highest BCUT2D eigenvalue weighted by Crippen LogP contribution is 2.22. The molecule has 4 nitrogen and oxygen atoms in total. The summed E-state index contributed by atoms with van der Waals surface area (Å²) in [4.78, 5) is 12.4. The molecule has 2 atom stereocenters. The lowest BCUT2D eigenvalue weighted by atomic mass is 10.1. The van der Waals surface area contributed by atoms with Crippen molar-refractivity contribution in [2.75, 3.05) is 13.7 Å². The molecule has 0 aromatic heterocycles.